The number of rotatable bonds is 2. The molecule has 1 atom stereocenters. The van der Waals surface area contributed by atoms with Crippen LogP contribution in [0.4, 0.5) is 0 Å². The van der Waals surface area contributed by atoms with E-state index in [1.807, 2.05) is 0 Å². The van der Waals surface area contributed by atoms with E-state index in [4.69, 9.17) is 43.5 Å². The summed E-state index contributed by atoms with van der Waals surface area (Å²) in [6.45, 7) is 1.08. The Labute approximate surface area is 149 Å². The van der Waals surface area contributed by atoms with Gasteiger partial charge in [-0.1, -0.05) is 59.6 Å². The minimum Gasteiger partial charge on any atom is -0.481 e. The number of nitriles is 1. The molecule has 0 unspecified atom stereocenters. The number of carbonyl (C=O) groups is 2. The summed E-state index contributed by atoms with van der Waals surface area (Å²) in [5.74, 6) is -0.833. The molecule has 0 spiro atoms. The zero-order valence-electron chi connectivity index (χ0n) is 12.7. The number of nitrogens with zero attached hydrogens (tertiary/aromatic N) is 1. The Bertz CT molecular complexity index is 710. The van der Waals surface area contributed by atoms with Crippen LogP contribution < -0.4 is 0 Å². The molecule has 0 bridgehead atoms. The van der Waals surface area contributed by atoms with E-state index in [0.717, 1.165) is 13.2 Å². The predicted octanol–water partition coefficient (Wildman–Crippen LogP) is 4.14. The second-order valence-corrected chi connectivity index (χ2v) is 5.03. The van der Waals surface area contributed by atoms with Gasteiger partial charge in [0.25, 0.3) is 5.97 Å². The lowest BCUT2D eigenvalue weighted by Gasteiger charge is -2.02. The summed E-state index contributed by atoms with van der Waals surface area (Å²) in [5.41, 5.74) is 0.996. The molecule has 0 saturated carbocycles. The van der Waals surface area contributed by atoms with Crippen molar-refractivity contribution in [1.29, 1.82) is 5.26 Å². The number of carbonyl (C=O) groups excluding carboxylic acids is 1. The summed E-state index contributed by atoms with van der Waals surface area (Å²) in [5, 5.41) is 25.8. The number of aldehydes is 1. The van der Waals surface area contributed by atoms with Gasteiger partial charge in [-0.2, -0.15) is 5.26 Å². The van der Waals surface area contributed by atoms with E-state index in [9.17, 15) is 4.79 Å². The van der Waals surface area contributed by atoms with Crippen molar-refractivity contribution in [2.24, 2.45) is 0 Å². The van der Waals surface area contributed by atoms with Gasteiger partial charge < -0.3 is 10.2 Å². The molecule has 2 N–H and O–H groups in total. The number of benzene rings is 2. The molecule has 0 aliphatic heterocycles. The fourth-order valence-corrected chi connectivity index (χ4v) is 1.76. The van der Waals surface area contributed by atoms with Crippen LogP contribution in [0.25, 0.3) is 0 Å². The SMILES string of the molecule is CC(=O)O.N#C[C@@H](O)c1ccccc1Cl.O=Cc1ccccc1Cl. The lowest BCUT2D eigenvalue weighted by molar-refractivity contribution is -0.134. The molecule has 0 fully saturated rings. The van der Waals surface area contributed by atoms with Gasteiger partial charge in [-0.3, -0.25) is 9.59 Å². The van der Waals surface area contributed by atoms with Gasteiger partial charge in [-0.15, -0.1) is 0 Å². The molecule has 2 rings (SSSR count). The molecule has 0 aromatic heterocycles. The summed E-state index contributed by atoms with van der Waals surface area (Å²) < 4.78 is 0. The number of aliphatic hydroxyl groups excluding tert-OH is 1. The van der Waals surface area contributed by atoms with E-state index >= 15 is 0 Å². The molecule has 0 aliphatic rings. The Morgan fingerprint density at radius 1 is 1.12 bits per heavy atom. The highest BCUT2D eigenvalue weighted by Gasteiger charge is 2.07. The lowest BCUT2D eigenvalue weighted by atomic mass is 10.1. The quantitative estimate of drug-likeness (QED) is 0.613. The molecular formula is C17H15Cl2NO4. The number of hydrogen-bond donors (Lipinski definition) is 2. The molecule has 7 heteroatoms. The van der Waals surface area contributed by atoms with Gasteiger partial charge in [-0.25, -0.2) is 0 Å². The monoisotopic (exact) mass is 367 g/mol. The Morgan fingerprint density at radius 2 is 1.58 bits per heavy atom. The smallest absolute Gasteiger partial charge is 0.300 e. The highest BCUT2D eigenvalue weighted by Crippen LogP contribution is 2.21. The van der Waals surface area contributed by atoms with Crippen LogP contribution in [0.15, 0.2) is 48.5 Å². The van der Waals surface area contributed by atoms with E-state index < -0.39 is 12.1 Å². The second kappa shape index (κ2) is 12.1. The number of hydrogen-bond acceptors (Lipinski definition) is 4. The molecule has 5 nitrogen and oxygen atoms in total. The van der Waals surface area contributed by atoms with Crippen LogP contribution in [-0.4, -0.2) is 22.5 Å². The van der Waals surface area contributed by atoms with Crippen LogP contribution in [0.5, 0.6) is 0 Å². The Morgan fingerprint density at radius 3 is 1.96 bits per heavy atom. The maximum absolute atomic E-state index is 10.1. The number of carboxylic acid groups (broad SMARTS) is 1. The number of carboxylic acids is 1. The predicted molar refractivity (Wildman–Crippen MR) is 92.2 cm³/mol. The molecule has 126 valence electrons. The lowest BCUT2D eigenvalue weighted by Crippen LogP contribution is -1.93. The average molecular weight is 368 g/mol. The maximum Gasteiger partial charge on any atom is 0.300 e. The molecule has 2 aromatic rings. The normalized spacial score (nSPS) is 9.96. The second-order valence-electron chi connectivity index (χ2n) is 4.21. The molecule has 0 saturated heterocycles. The Kier molecular flexibility index (Phi) is 10.9. The molecule has 0 amide bonds. The van der Waals surface area contributed by atoms with Crippen molar-refractivity contribution in [2.45, 2.75) is 13.0 Å². The zero-order chi connectivity index (χ0) is 18.5. The highest BCUT2D eigenvalue weighted by molar-refractivity contribution is 6.32. The molecule has 0 heterocycles. The van der Waals surface area contributed by atoms with Crippen molar-refractivity contribution in [1.82, 2.24) is 0 Å². The van der Waals surface area contributed by atoms with Crippen molar-refractivity contribution in [3.05, 3.63) is 69.7 Å². The Balaban J connectivity index is 0.000000367. The first kappa shape index (κ1) is 21.6. The summed E-state index contributed by atoms with van der Waals surface area (Å²) >= 11 is 11.3. The van der Waals surface area contributed by atoms with E-state index in [2.05, 4.69) is 0 Å². The van der Waals surface area contributed by atoms with Crippen LogP contribution in [0.3, 0.4) is 0 Å². The van der Waals surface area contributed by atoms with Crippen LogP contribution in [0, 0.1) is 11.3 Å². The number of halogens is 2. The van der Waals surface area contributed by atoms with Crippen molar-refractivity contribution >= 4 is 35.5 Å². The summed E-state index contributed by atoms with van der Waals surface area (Å²) in [6, 6.07) is 15.3. The van der Waals surface area contributed by atoms with Crippen molar-refractivity contribution in [3.8, 4) is 6.07 Å². The Hall–Kier alpha value is -2.39. The van der Waals surface area contributed by atoms with Gasteiger partial charge >= 0.3 is 0 Å². The summed E-state index contributed by atoms with van der Waals surface area (Å²) in [6.07, 6.45) is -0.383. The first-order valence-corrected chi connectivity index (χ1v) is 7.30. The van der Waals surface area contributed by atoms with Gasteiger partial charge in [0.15, 0.2) is 12.4 Å². The maximum atomic E-state index is 10.1. The molecule has 0 aliphatic carbocycles. The van der Waals surface area contributed by atoms with Crippen LogP contribution in [0.1, 0.15) is 28.9 Å². The van der Waals surface area contributed by atoms with E-state index in [1.165, 1.54) is 0 Å². The van der Waals surface area contributed by atoms with Gasteiger partial charge in [0, 0.05) is 23.1 Å². The van der Waals surface area contributed by atoms with Gasteiger partial charge in [0.2, 0.25) is 0 Å². The van der Waals surface area contributed by atoms with Crippen LogP contribution >= 0.6 is 23.2 Å². The highest BCUT2D eigenvalue weighted by atomic mass is 35.5. The molecule has 24 heavy (non-hydrogen) atoms. The fraction of sp³-hybridized carbons (Fsp3) is 0.118. The minimum absolute atomic E-state index is 0.418. The largest absolute Gasteiger partial charge is 0.481 e. The summed E-state index contributed by atoms with van der Waals surface area (Å²) in [4.78, 5) is 19.1. The number of aliphatic hydroxyl groups is 1. The van der Waals surface area contributed by atoms with Crippen LogP contribution in [0.2, 0.25) is 10.0 Å². The fourth-order valence-electron chi connectivity index (χ4n) is 1.34. The van der Waals surface area contributed by atoms with E-state index in [0.29, 0.717) is 21.2 Å². The summed E-state index contributed by atoms with van der Waals surface area (Å²) in [7, 11) is 0. The van der Waals surface area contributed by atoms with Gasteiger partial charge in [-0.05, 0) is 12.1 Å². The third kappa shape index (κ3) is 8.91. The first-order valence-electron chi connectivity index (χ1n) is 6.54. The minimum atomic E-state index is -1.12. The molecular weight excluding hydrogens is 353 g/mol. The van der Waals surface area contributed by atoms with Gasteiger partial charge in [0.05, 0.1) is 11.1 Å². The van der Waals surface area contributed by atoms with Gasteiger partial charge in [0.1, 0.15) is 0 Å². The first-order chi connectivity index (χ1) is 11.3. The topological polar surface area (TPSA) is 98.4 Å². The van der Waals surface area contributed by atoms with Crippen molar-refractivity contribution in [2.75, 3.05) is 0 Å². The van der Waals surface area contributed by atoms with Crippen molar-refractivity contribution in [3.63, 3.8) is 0 Å². The standard InChI is InChI=1S/C8H6ClNO.C7H5ClO.C2H4O2/c9-7-4-2-1-3-6(7)8(11)5-10;8-7-4-2-1-3-6(7)5-9;1-2(3)4/h1-4,8,11H;1-5H;1H3,(H,3,4)/t8-;;/m1../s1. The molecule has 0 radical (unpaired) electrons. The zero-order valence-corrected chi connectivity index (χ0v) is 14.2. The third-order valence-electron chi connectivity index (χ3n) is 2.35. The third-order valence-corrected chi connectivity index (χ3v) is 3.04. The van der Waals surface area contributed by atoms with E-state index in [1.54, 1.807) is 54.6 Å². The van der Waals surface area contributed by atoms with Crippen LogP contribution in [-0.2, 0) is 4.79 Å². The van der Waals surface area contributed by atoms with Crippen molar-refractivity contribution < 1.29 is 19.8 Å². The molecule has 2 aromatic carbocycles. The van der Waals surface area contributed by atoms with E-state index in [-0.39, 0.29) is 0 Å². The number of aliphatic carboxylic acids is 1. The average Bonchev–Trinajstić information content (AvgIpc) is 2.55.